The third-order valence-electron chi connectivity index (χ3n) is 4.45. The fourth-order valence-corrected chi connectivity index (χ4v) is 2.51. The summed E-state index contributed by atoms with van der Waals surface area (Å²) in [5.74, 6) is 1.67. The highest BCUT2D eigenvalue weighted by Crippen LogP contribution is 2.67. The minimum atomic E-state index is 0.460. The molecule has 0 atom stereocenters. The Morgan fingerprint density at radius 1 is 1.33 bits per heavy atom. The van der Waals surface area contributed by atoms with Gasteiger partial charge in [-0.1, -0.05) is 27.7 Å². The molecular formula is C12H20N2O. The van der Waals surface area contributed by atoms with E-state index in [1.807, 2.05) is 0 Å². The van der Waals surface area contributed by atoms with Crippen molar-refractivity contribution in [1.29, 1.82) is 0 Å². The van der Waals surface area contributed by atoms with E-state index in [1.54, 1.807) is 6.20 Å². The molecule has 1 aliphatic rings. The summed E-state index contributed by atoms with van der Waals surface area (Å²) in [6.07, 6.45) is 3.23. The highest BCUT2D eigenvalue weighted by Gasteiger charge is 2.63. The van der Waals surface area contributed by atoms with E-state index in [0.29, 0.717) is 10.8 Å². The van der Waals surface area contributed by atoms with Crippen LogP contribution in [0, 0.1) is 16.7 Å². The molecule has 0 aliphatic heterocycles. The standard InChI is InChI=1S/C12H20N2O/c1-11(2)10(12(11,3)4)7-13-5-9-6-14-8-15-9/h6,8,10,13H,5,7H2,1-4H3. The van der Waals surface area contributed by atoms with Crippen LogP contribution in [0.4, 0.5) is 0 Å². The second kappa shape index (κ2) is 3.34. The van der Waals surface area contributed by atoms with Crippen molar-refractivity contribution in [2.24, 2.45) is 16.7 Å². The molecule has 2 rings (SSSR count). The van der Waals surface area contributed by atoms with E-state index < -0.39 is 0 Å². The monoisotopic (exact) mass is 208 g/mol. The second-order valence-corrected chi connectivity index (χ2v) is 5.59. The van der Waals surface area contributed by atoms with E-state index in [1.165, 1.54) is 6.39 Å². The summed E-state index contributed by atoms with van der Waals surface area (Å²) >= 11 is 0. The minimum absolute atomic E-state index is 0.460. The number of hydrogen-bond acceptors (Lipinski definition) is 3. The van der Waals surface area contributed by atoms with Crippen LogP contribution in [0.1, 0.15) is 33.5 Å². The largest absolute Gasteiger partial charge is 0.447 e. The molecule has 1 saturated carbocycles. The van der Waals surface area contributed by atoms with E-state index in [-0.39, 0.29) is 0 Å². The van der Waals surface area contributed by atoms with E-state index in [0.717, 1.165) is 24.8 Å². The molecule has 0 bridgehead atoms. The fraction of sp³-hybridized carbons (Fsp3) is 0.750. The molecule has 1 N–H and O–H groups in total. The summed E-state index contributed by atoms with van der Waals surface area (Å²) in [5, 5.41) is 3.43. The van der Waals surface area contributed by atoms with Gasteiger partial charge in [0, 0.05) is 0 Å². The zero-order chi connectivity index (χ0) is 11.1. The number of aromatic nitrogens is 1. The summed E-state index contributed by atoms with van der Waals surface area (Å²) in [6.45, 7) is 11.2. The van der Waals surface area contributed by atoms with Crippen LogP contribution in [0.5, 0.6) is 0 Å². The van der Waals surface area contributed by atoms with Crippen molar-refractivity contribution in [3.8, 4) is 0 Å². The number of oxazole rings is 1. The van der Waals surface area contributed by atoms with Gasteiger partial charge in [0.2, 0.25) is 0 Å². The summed E-state index contributed by atoms with van der Waals surface area (Å²) in [6, 6.07) is 0. The molecule has 0 spiro atoms. The maximum Gasteiger partial charge on any atom is 0.180 e. The molecule has 1 aromatic rings. The molecule has 0 radical (unpaired) electrons. The topological polar surface area (TPSA) is 38.1 Å². The Morgan fingerprint density at radius 3 is 2.47 bits per heavy atom. The van der Waals surface area contributed by atoms with Crippen molar-refractivity contribution in [2.45, 2.75) is 34.2 Å². The first-order chi connectivity index (χ1) is 6.96. The van der Waals surface area contributed by atoms with Gasteiger partial charge >= 0.3 is 0 Å². The SMILES string of the molecule is CC1(C)C(CNCc2cnco2)C1(C)C. The van der Waals surface area contributed by atoms with Gasteiger partial charge in [-0.05, 0) is 23.3 Å². The van der Waals surface area contributed by atoms with Crippen molar-refractivity contribution in [1.82, 2.24) is 10.3 Å². The van der Waals surface area contributed by atoms with Gasteiger partial charge in [0.1, 0.15) is 5.76 Å². The molecule has 1 aromatic heterocycles. The van der Waals surface area contributed by atoms with Gasteiger partial charge in [-0.15, -0.1) is 0 Å². The summed E-state index contributed by atoms with van der Waals surface area (Å²) in [4.78, 5) is 3.89. The Bertz CT molecular complexity index is 313. The van der Waals surface area contributed by atoms with Gasteiger partial charge in [0.25, 0.3) is 0 Å². The molecule has 0 saturated heterocycles. The molecule has 3 heteroatoms. The maximum absolute atomic E-state index is 5.17. The summed E-state index contributed by atoms with van der Waals surface area (Å²) in [5.41, 5.74) is 0.919. The van der Waals surface area contributed by atoms with Gasteiger partial charge in [0.05, 0.1) is 12.7 Å². The van der Waals surface area contributed by atoms with Crippen LogP contribution in [0.25, 0.3) is 0 Å². The zero-order valence-electron chi connectivity index (χ0n) is 10.0. The van der Waals surface area contributed by atoms with Crippen LogP contribution >= 0.6 is 0 Å². The molecule has 0 amide bonds. The Hall–Kier alpha value is -0.830. The summed E-state index contributed by atoms with van der Waals surface area (Å²) in [7, 11) is 0. The maximum atomic E-state index is 5.17. The molecule has 0 aromatic carbocycles. The molecule has 1 heterocycles. The molecule has 84 valence electrons. The minimum Gasteiger partial charge on any atom is -0.447 e. The number of nitrogens with zero attached hydrogens (tertiary/aromatic N) is 1. The van der Waals surface area contributed by atoms with Crippen molar-refractivity contribution >= 4 is 0 Å². The van der Waals surface area contributed by atoms with E-state index in [9.17, 15) is 0 Å². The van der Waals surface area contributed by atoms with Crippen LogP contribution in [-0.4, -0.2) is 11.5 Å². The Morgan fingerprint density at radius 2 is 2.00 bits per heavy atom. The Balaban J connectivity index is 1.77. The average molecular weight is 208 g/mol. The zero-order valence-corrected chi connectivity index (χ0v) is 10.0. The predicted molar refractivity (Wildman–Crippen MR) is 59.3 cm³/mol. The lowest BCUT2D eigenvalue weighted by molar-refractivity contribution is 0.457. The van der Waals surface area contributed by atoms with E-state index >= 15 is 0 Å². The molecular weight excluding hydrogens is 188 g/mol. The highest BCUT2D eigenvalue weighted by atomic mass is 16.3. The summed E-state index contributed by atoms with van der Waals surface area (Å²) < 4.78 is 5.17. The first-order valence-corrected chi connectivity index (χ1v) is 5.54. The molecule has 1 fully saturated rings. The van der Waals surface area contributed by atoms with Crippen LogP contribution in [0.2, 0.25) is 0 Å². The number of hydrogen-bond donors (Lipinski definition) is 1. The molecule has 0 unspecified atom stereocenters. The van der Waals surface area contributed by atoms with E-state index in [4.69, 9.17) is 4.42 Å². The molecule has 15 heavy (non-hydrogen) atoms. The van der Waals surface area contributed by atoms with Crippen molar-refractivity contribution < 1.29 is 4.42 Å². The van der Waals surface area contributed by atoms with E-state index in [2.05, 4.69) is 38.0 Å². The van der Waals surface area contributed by atoms with Crippen molar-refractivity contribution in [3.63, 3.8) is 0 Å². The van der Waals surface area contributed by atoms with Gasteiger partial charge < -0.3 is 9.73 Å². The second-order valence-electron chi connectivity index (χ2n) is 5.59. The number of rotatable bonds is 4. The normalized spacial score (nSPS) is 22.9. The first kappa shape index (κ1) is 10.7. The Kier molecular flexibility index (Phi) is 2.38. The highest BCUT2D eigenvalue weighted by molar-refractivity contribution is 5.12. The Labute approximate surface area is 91.3 Å². The van der Waals surface area contributed by atoms with Crippen LogP contribution in [0.15, 0.2) is 17.0 Å². The number of nitrogens with one attached hydrogen (secondary N) is 1. The van der Waals surface area contributed by atoms with Crippen LogP contribution < -0.4 is 5.32 Å². The van der Waals surface area contributed by atoms with Crippen LogP contribution in [-0.2, 0) is 6.54 Å². The lowest BCUT2D eigenvalue weighted by Gasteiger charge is -2.04. The van der Waals surface area contributed by atoms with Crippen LogP contribution in [0.3, 0.4) is 0 Å². The lowest BCUT2D eigenvalue weighted by atomic mass is 10.0. The molecule has 3 nitrogen and oxygen atoms in total. The smallest absolute Gasteiger partial charge is 0.180 e. The van der Waals surface area contributed by atoms with Crippen molar-refractivity contribution in [2.75, 3.05) is 6.54 Å². The predicted octanol–water partition coefficient (Wildman–Crippen LogP) is 2.45. The third-order valence-corrected chi connectivity index (χ3v) is 4.45. The average Bonchev–Trinajstić information content (AvgIpc) is 2.62. The lowest BCUT2D eigenvalue weighted by Crippen LogP contribution is -2.18. The van der Waals surface area contributed by atoms with Gasteiger partial charge in [-0.25, -0.2) is 4.98 Å². The fourth-order valence-electron chi connectivity index (χ4n) is 2.51. The van der Waals surface area contributed by atoms with Gasteiger partial charge in [-0.3, -0.25) is 0 Å². The van der Waals surface area contributed by atoms with Crippen molar-refractivity contribution in [3.05, 3.63) is 18.4 Å². The van der Waals surface area contributed by atoms with Gasteiger partial charge in [0.15, 0.2) is 6.39 Å². The molecule has 1 aliphatic carbocycles. The first-order valence-electron chi connectivity index (χ1n) is 5.54. The van der Waals surface area contributed by atoms with Gasteiger partial charge in [-0.2, -0.15) is 0 Å². The third kappa shape index (κ3) is 1.69. The quantitative estimate of drug-likeness (QED) is 0.826.